The molecule has 23 heavy (non-hydrogen) atoms. The molecular formula is C18H25FN2O2. The Kier molecular flexibility index (Phi) is 4.85. The third kappa shape index (κ3) is 3.50. The van der Waals surface area contributed by atoms with Crippen LogP contribution in [0.1, 0.15) is 39.0 Å². The molecule has 1 amide bonds. The molecule has 3 rings (SSSR count). The van der Waals surface area contributed by atoms with Gasteiger partial charge in [-0.05, 0) is 56.6 Å². The zero-order valence-electron chi connectivity index (χ0n) is 13.6. The molecule has 0 aromatic heterocycles. The zero-order valence-corrected chi connectivity index (χ0v) is 13.6. The molecule has 3 N–H and O–H groups in total. The molecule has 0 aliphatic heterocycles. The van der Waals surface area contributed by atoms with Crippen molar-refractivity contribution in [1.29, 1.82) is 0 Å². The minimum Gasteiger partial charge on any atom is -0.491 e. The second kappa shape index (κ2) is 6.87. The molecule has 2 aliphatic rings. The smallest absolute Gasteiger partial charge is 0.227 e. The van der Waals surface area contributed by atoms with Crippen LogP contribution in [0, 0.1) is 23.6 Å². The van der Waals surface area contributed by atoms with Gasteiger partial charge < -0.3 is 15.8 Å². The van der Waals surface area contributed by atoms with Crippen molar-refractivity contribution >= 4 is 11.6 Å². The molecule has 1 aromatic carbocycles. The minimum atomic E-state index is -0.452. The quantitative estimate of drug-likeness (QED) is 0.894. The lowest BCUT2D eigenvalue weighted by Gasteiger charge is -2.43. The van der Waals surface area contributed by atoms with E-state index in [4.69, 9.17) is 10.5 Å². The fraction of sp³-hybridized carbons (Fsp3) is 0.611. The normalized spacial score (nSPS) is 29.9. The maximum atomic E-state index is 13.9. The van der Waals surface area contributed by atoms with E-state index in [-0.39, 0.29) is 23.6 Å². The van der Waals surface area contributed by atoms with Crippen LogP contribution in [0.2, 0.25) is 0 Å². The van der Waals surface area contributed by atoms with Gasteiger partial charge in [-0.1, -0.05) is 6.42 Å². The number of amides is 1. The van der Waals surface area contributed by atoms with Gasteiger partial charge in [-0.25, -0.2) is 4.39 Å². The molecule has 2 unspecified atom stereocenters. The predicted octanol–water partition coefficient (Wildman–Crippen LogP) is 3.32. The number of nitrogens with two attached hydrogens (primary N) is 1. The molecule has 5 heteroatoms. The van der Waals surface area contributed by atoms with Crippen LogP contribution in [0.5, 0.6) is 5.75 Å². The standard InChI is InChI=1S/C18H25FN2O2/c1-2-23-16-7-6-14(10-15(16)19)21-18(22)13-8-11-4-3-5-12(9-13)17(11)20/h6-7,10-13,17H,2-5,8-9,20H2,1H3,(H,21,22). The van der Waals surface area contributed by atoms with Crippen molar-refractivity contribution in [1.82, 2.24) is 0 Å². The highest BCUT2D eigenvalue weighted by Crippen LogP contribution is 2.42. The topological polar surface area (TPSA) is 64.3 Å². The van der Waals surface area contributed by atoms with Gasteiger partial charge in [-0.15, -0.1) is 0 Å². The molecule has 0 heterocycles. The Morgan fingerprint density at radius 2 is 2.04 bits per heavy atom. The Labute approximate surface area is 136 Å². The van der Waals surface area contributed by atoms with Crippen LogP contribution in [0.15, 0.2) is 18.2 Å². The first-order chi connectivity index (χ1) is 11.1. The summed E-state index contributed by atoms with van der Waals surface area (Å²) in [5.41, 5.74) is 6.75. The van der Waals surface area contributed by atoms with Gasteiger partial charge >= 0.3 is 0 Å². The van der Waals surface area contributed by atoms with Crippen LogP contribution in [0.4, 0.5) is 10.1 Å². The number of fused-ring (bicyclic) bond motifs is 2. The average molecular weight is 320 g/mol. The third-order valence-electron chi connectivity index (χ3n) is 5.28. The summed E-state index contributed by atoms with van der Waals surface area (Å²) < 4.78 is 19.0. The molecular weight excluding hydrogens is 295 g/mol. The van der Waals surface area contributed by atoms with E-state index in [9.17, 15) is 9.18 Å². The second-order valence-corrected chi connectivity index (χ2v) is 6.76. The molecule has 2 saturated carbocycles. The van der Waals surface area contributed by atoms with Gasteiger partial charge in [-0.3, -0.25) is 4.79 Å². The lowest BCUT2D eigenvalue weighted by Crippen LogP contribution is -2.48. The van der Waals surface area contributed by atoms with Crippen LogP contribution in [0.3, 0.4) is 0 Å². The summed E-state index contributed by atoms with van der Waals surface area (Å²) in [4.78, 5) is 12.5. The molecule has 2 aliphatic carbocycles. The summed E-state index contributed by atoms with van der Waals surface area (Å²) in [7, 11) is 0. The Bertz CT molecular complexity index is 564. The SMILES string of the molecule is CCOc1ccc(NC(=O)C2CC3CCCC(C2)C3N)cc1F. The fourth-order valence-electron chi connectivity index (χ4n) is 4.10. The highest BCUT2D eigenvalue weighted by Gasteiger charge is 2.40. The van der Waals surface area contributed by atoms with Crippen molar-refractivity contribution in [2.45, 2.75) is 45.1 Å². The van der Waals surface area contributed by atoms with E-state index in [1.54, 1.807) is 19.1 Å². The molecule has 0 radical (unpaired) electrons. The molecule has 0 spiro atoms. The summed E-state index contributed by atoms with van der Waals surface area (Å²) in [6, 6.07) is 4.80. The monoisotopic (exact) mass is 320 g/mol. The summed E-state index contributed by atoms with van der Waals surface area (Å²) in [5, 5.41) is 2.85. The van der Waals surface area contributed by atoms with Gasteiger partial charge in [-0.2, -0.15) is 0 Å². The molecule has 4 nitrogen and oxygen atoms in total. The number of carbonyl (C=O) groups is 1. The van der Waals surface area contributed by atoms with Crippen LogP contribution in [-0.2, 0) is 4.79 Å². The highest BCUT2D eigenvalue weighted by atomic mass is 19.1. The first-order valence-electron chi connectivity index (χ1n) is 8.57. The number of ether oxygens (including phenoxy) is 1. The number of nitrogens with one attached hydrogen (secondary N) is 1. The number of halogens is 1. The third-order valence-corrected chi connectivity index (χ3v) is 5.28. The molecule has 2 atom stereocenters. The van der Waals surface area contributed by atoms with Gasteiger partial charge in [0, 0.05) is 23.7 Å². The van der Waals surface area contributed by atoms with E-state index in [1.807, 2.05) is 0 Å². The first kappa shape index (κ1) is 16.2. The maximum absolute atomic E-state index is 13.9. The zero-order chi connectivity index (χ0) is 16.4. The van der Waals surface area contributed by atoms with Gasteiger partial charge in [0.25, 0.3) is 0 Å². The van der Waals surface area contributed by atoms with Gasteiger partial charge in [0.05, 0.1) is 6.61 Å². The molecule has 126 valence electrons. The minimum absolute atomic E-state index is 0.0141. The summed E-state index contributed by atoms with van der Waals surface area (Å²) in [6.07, 6.45) is 5.17. The van der Waals surface area contributed by atoms with Crippen molar-refractivity contribution in [3.63, 3.8) is 0 Å². The summed E-state index contributed by atoms with van der Waals surface area (Å²) in [6.45, 7) is 2.22. The molecule has 0 saturated heterocycles. The summed E-state index contributed by atoms with van der Waals surface area (Å²) in [5.74, 6) is 0.638. The van der Waals surface area contributed by atoms with Crippen molar-refractivity contribution in [2.24, 2.45) is 23.5 Å². The average Bonchev–Trinajstić information content (AvgIpc) is 2.50. The molecule has 2 bridgehead atoms. The van der Waals surface area contributed by atoms with E-state index in [0.717, 1.165) is 25.7 Å². The number of hydrogen-bond donors (Lipinski definition) is 2. The van der Waals surface area contributed by atoms with E-state index in [1.165, 1.54) is 12.5 Å². The lowest BCUT2D eigenvalue weighted by atomic mass is 9.65. The molecule has 1 aromatic rings. The Morgan fingerprint density at radius 1 is 1.35 bits per heavy atom. The Balaban J connectivity index is 1.64. The largest absolute Gasteiger partial charge is 0.491 e. The number of hydrogen-bond acceptors (Lipinski definition) is 3. The van der Waals surface area contributed by atoms with Crippen LogP contribution in [-0.4, -0.2) is 18.6 Å². The lowest BCUT2D eigenvalue weighted by molar-refractivity contribution is -0.122. The molecule has 2 fully saturated rings. The number of carbonyl (C=O) groups excluding carboxylic acids is 1. The second-order valence-electron chi connectivity index (χ2n) is 6.76. The highest BCUT2D eigenvalue weighted by molar-refractivity contribution is 5.92. The van der Waals surface area contributed by atoms with Gasteiger partial charge in [0.15, 0.2) is 11.6 Å². The van der Waals surface area contributed by atoms with E-state index >= 15 is 0 Å². The van der Waals surface area contributed by atoms with Gasteiger partial charge in [0.1, 0.15) is 0 Å². The Morgan fingerprint density at radius 3 is 2.65 bits per heavy atom. The number of rotatable bonds is 4. The van der Waals surface area contributed by atoms with Crippen LogP contribution in [0.25, 0.3) is 0 Å². The maximum Gasteiger partial charge on any atom is 0.227 e. The first-order valence-corrected chi connectivity index (χ1v) is 8.57. The van der Waals surface area contributed by atoms with Crippen molar-refractivity contribution in [3.8, 4) is 5.75 Å². The van der Waals surface area contributed by atoms with Crippen molar-refractivity contribution in [2.75, 3.05) is 11.9 Å². The van der Waals surface area contributed by atoms with Crippen LogP contribution < -0.4 is 15.8 Å². The van der Waals surface area contributed by atoms with Crippen molar-refractivity contribution < 1.29 is 13.9 Å². The number of benzene rings is 1. The van der Waals surface area contributed by atoms with E-state index in [2.05, 4.69) is 5.32 Å². The summed E-state index contributed by atoms with van der Waals surface area (Å²) >= 11 is 0. The number of anilines is 1. The van der Waals surface area contributed by atoms with Crippen LogP contribution >= 0.6 is 0 Å². The predicted molar refractivity (Wildman–Crippen MR) is 87.7 cm³/mol. The Hall–Kier alpha value is -1.62. The van der Waals surface area contributed by atoms with E-state index < -0.39 is 5.82 Å². The van der Waals surface area contributed by atoms with Crippen molar-refractivity contribution in [3.05, 3.63) is 24.0 Å². The fourth-order valence-corrected chi connectivity index (χ4v) is 4.10. The van der Waals surface area contributed by atoms with Gasteiger partial charge in [0.2, 0.25) is 5.91 Å². The van der Waals surface area contributed by atoms with E-state index in [0.29, 0.717) is 24.1 Å².